The second-order valence-electron chi connectivity index (χ2n) is 16.6. The molecule has 0 rings (SSSR count). The first kappa shape index (κ1) is 60.8. The molecule has 0 aromatic carbocycles. The molecule has 0 fully saturated rings. The fourth-order valence-corrected chi connectivity index (χ4v) is 6.64. The van der Waals surface area contributed by atoms with Crippen molar-refractivity contribution in [3.8, 4) is 0 Å². The maximum Gasteiger partial charge on any atom is 0.306 e. The number of hydrogen-bond acceptors (Lipinski definition) is 6. The lowest BCUT2D eigenvalue weighted by molar-refractivity contribution is -0.167. The van der Waals surface area contributed by atoms with Crippen LogP contribution in [0.5, 0.6) is 0 Å². The van der Waals surface area contributed by atoms with E-state index in [0.29, 0.717) is 12.8 Å². The first-order valence-electron chi connectivity index (χ1n) is 26.0. The molecule has 0 saturated carbocycles. The molecule has 0 N–H and O–H groups in total. The van der Waals surface area contributed by atoms with Gasteiger partial charge in [0.15, 0.2) is 6.10 Å². The molecule has 0 aliphatic rings. The molecule has 65 heavy (non-hydrogen) atoms. The van der Waals surface area contributed by atoms with Gasteiger partial charge in [0.05, 0.1) is 0 Å². The zero-order valence-electron chi connectivity index (χ0n) is 41.7. The zero-order valence-corrected chi connectivity index (χ0v) is 41.7. The molecule has 1 atom stereocenters. The highest BCUT2D eigenvalue weighted by molar-refractivity contribution is 5.71. The zero-order chi connectivity index (χ0) is 47.2. The number of rotatable bonds is 45. The van der Waals surface area contributed by atoms with Gasteiger partial charge in [-0.3, -0.25) is 14.4 Å². The Morgan fingerprint density at radius 1 is 0.308 bits per heavy atom. The van der Waals surface area contributed by atoms with Gasteiger partial charge >= 0.3 is 17.9 Å². The van der Waals surface area contributed by atoms with Crippen molar-refractivity contribution in [2.24, 2.45) is 0 Å². The number of hydrogen-bond donors (Lipinski definition) is 0. The Kier molecular flexibility index (Phi) is 49.1. The lowest BCUT2D eigenvalue weighted by Gasteiger charge is -2.18. The largest absolute Gasteiger partial charge is 0.462 e. The Morgan fingerprint density at radius 2 is 0.554 bits per heavy atom. The van der Waals surface area contributed by atoms with Gasteiger partial charge in [-0.25, -0.2) is 0 Å². The van der Waals surface area contributed by atoms with Crippen LogP contribution in [0.4, 0.5) is 0 Å². The van der Waals surface area contributed by atoms with Crippen molar-refractivity contribution >= 4 is 17.9 Å². The minimum atomic E-state index is -0.810. The van der Waals surface area contributed by atoms with E-state index in [-0.39, 0.29) is 37.5 Å². The van der Waals surface area contributed by atoms with Crippen molar-refractivity contribution in [3.05, 3.63) is 122 Å². The van der Waals surface area contributed by atoms with Crippen LogP contribution in [-0.2, 0) is 28.6 Å². The summed E-state index contributed by atoms with van der Waals surface area (Å²) in [6.07, 6.45) is 71.8. The van der Waals surface area contributed by atoms with Gasteiger partial charge in [0.2, 0.25) is 0 Å². The Bertz CT molecular complexity index is 1400. The first-order valence-corrected chi connectivity index (χ1v) is 26.0. The third-order valence-corrected chi connectivity index (χ3v) is 10.4. The molecule has 0 aliphatic carbocycles. The predicted molar refractivity (Wildman–Crippen MR) is 279 cm³/mol. The smallest absolute Gasteiger partial charge is 0.306 e. The molecule has 366 valence electrons. The van der Waals surface area contributed by atoms with Gasteiger partial charge in [0, 0.05) is 19.3 Å². The summed E-state index contributed by atoms with van der Waals surface area (Å²) in [6.45, 7) is 6.23. The van der Waals surface area contributed by atoms with Crippen molar-refractivity contribution in [2.45, 2.75) is 219 Å². The maximum absolute atomic E-state index is 12.8. The standard InChI is InChI=1S/C59H94O6/c1-4-7-10-13-16-19-22-25-28-29-30-31-32-35-37-40-43-46-49-52-58(61)64-55-56(65-59(62)53-50-47-44-41-38-34-27-24-21-18-15-12-9-6-3)54-63-57(60)51-48-45-42-39-36-33-26-23-20-17-14-11-8-5-2/h7-12,16-21,25,27-28,30-31,34-35,37,56H,4-6,13-15,22-24,26,29,32-33,36,38-55H2,1-3H3/b10-7-,11-8-,12-9-,19-16-,20-17-,21-18-,28-25-,31-30-,34-27-,37-35-. The fraction of sp³-hybridized carbons (Fsp3) is 0.610. The number of carbonyl (C=O) groups excluding carboxylic acids is 3. The predicted octanol–water partition coefficient (Wildman–Crippen LogP) is 17.3. The van der Waals surface area contributed by atoms with Crippen LogP contribution in [0, 0.1) is 0 Å². The summed E-state index contributed by atoms with van der Waals surface area (Å²) in [5, 5.41) is 0. The van der Waals surface area contributed by atoms with Crippen molar-refractivity contribution in [3.63, 3.8) is 0 Å². The minimum Gasteiger partial charge on any atom is -0.462 e. The minimum absolute atomic E-state index is 0.106. The molecular formula is C59H94O6. The van der Waals surface area contributed by atoms with E-state index < -0.39 is 6.10 Å². The summed E-state index contributed by atoms with van der Waals surface area (Å²) < 4.78 is 16.8. The molecule has 6 heteroatoms. The van der Waals surface area contributed by atoms with Gasteiger partial charge in [0.25, 0.3) is 0 Å². The van der Waals surface area contributed by atoms with Crippen LogP contribution in [-0.4, -0.2) is 37.2 Å². The van der Waals surface area contributed by atoms with Crippen molar-refractivity contribution < 1.29 is 28.6 Å². The van der Waals surface area contributed by atoms with E-state index in [1.165, 1.54) is 25.7 Å². The summed E-state index contributed by atoms with van der Waals surface area (Å²) in [4.78, 5) is 38.0. The van der Waals surface area contributed by atoms with Gasteiger partial charge < -0.3 is 14.2 Å². The van der Waals surface area contributed by atoms with Crippen LogP contribution in [0.25, 0.3) is 0 Å². The lowest BCUT2D eigenvalue weighted by atomic mass is 10.1. The van der Waals surface area contributed by atoms with E-state index in [2.05, 4.69) is 142 Å². The number of esters is 3. The molecule has 0 radical (unpaired) electrons. The van der Waals surface area contributed by atoms with E-state index in [9.17, 15) is 14.4 Å². The highest BCUT2D eigenvalue weighted by atomic mass is 16.6. The number of carbonyl (C=O) groups is 3. The molecule has 0 spiro atoms. The van der Waals surface area contributed by atoms with Crippen molar-refractivity contribution in [1.82, 2.24) is 0 Å². The molecular weight excluding hydrogens is 805 g/mol. The summed E-state index contributed by atoms with van der Waals surface area (Å²) in [5.74, 6) is -0.977. The highest BCUT2D eigenvalue weighted by Crippen LogP contribution is 2.13. The first-order chi connectivity index (χ1) is 32.0. The Morgan fingerprint density at radius 3 is 0.877 bits per heavy atom. The van der Waals surface area contributed by atoms with Crippen LogP contribution < -0.4 is 0 Å². The maximum atomic E-state index is 12.8. The van der Waals surface area contributed by atoms with E-state index >= 15 is 0 Å². The molecule has 0 amide bonds. The Balaban J connectivity index is 4.50. The highest BCUT2D eigenvalue weighted by Gasteiger charge is 2.19. The van der Waals surface area contributed by atoms with Crippen LogP contribution in [0.2, 0.25) is 0 Å². The quantitative estimate of drug-likeness (QED) is 0.0262. The number of allylic oxidation sites excluding steroid dienone is 20. The molecule has 0 aromatic heterocycles. The molecule has 1 unspecified atom stereocenters. The molecule has 0 aromatic rings. The normalized spacial score (nSPS) is 13.1. The van der Waals surface area contributed by atoms with E-state index in [4.69, 9.17) is 14.2 Å². The van der Waals surface area contributed by atoms with Gasteiger partial charge in [-0.05, 0) is 122 Å². The number of ether oxygens (including phenoxy) is 3. The topological polar surface area (TPSA) is 78.9 Å². The van der Waals surface area contributed by atoms with Crippen LogP contribution in [0.1, 0.15) is 213 Å². The third kappa shape index (κ3) is 50.7. The molecule has 0 saturated heterocycles. The average Bonchev–Trinajstić information content (AvgIpc) is 3.30. The third-order valence-electron chi connectivity index (χ3n) is 10.4. The fourth-order valence-electron chi connectivity index (χ4n) is 6.64. The second kappa shape index (κ2) is 52.4. The summed E-state index contributed by atoms with van der Waals surface area (Å²) in [7, 11) is 0. The Labute approximate surface area is 399 Å². The Hall–Kier alpha value is -4.19. The van der Waals surface area contributed by atoms with Gasteiger partial charge in [0.1, 0.15) is 13.2 Å². The average molecular weight is 899 g/mol. The molecule has 0 bridgehead atoms. The summed E-state index contributed by atoms with van der Waals surface area (Å²) in [6, 6.07) is 0. The van der Waals surface area contributed by atoms with E-state index in [1.54, 1.807) is 0 Å². The molecule has 0 aliphatic heterocycles. The second-order valence-corrected chi connectivity index (χ2v) is 16.6. The van der Waals surface area contributed by atoms with Crippen LogP contribution in [0.15, 0.2) is 122 Å². The number of unbranched alkanes of at least 4 members (excludes halogenated alkanes) is 14. The summed E-state index contributed by atoms with van der Waals surface area (Å²) in [5.41, 5.74) is 0. The molecule has 6 nitrogen and oxygen atoms in total. The van der Waals surface area contributed by atoms with Crippen LogP contribution in [0.3, 0.4) is 0 Å². The van der Waals surface area contributed by atoms with Crippen molar-refractivity contribution in [1.29, 1.82) is 0 Å². The monoisotopic (exact) mass is 899 g/mol. The van der Waals surface area contributed by atoms with Crippen molar-refractivity contribution in [2.75, 3.05) is 13.2 Å². The molecule has 0 heterocycles. The van der Waals surface area contributed by atoms with E-state index in [0.717, 1.165) is 148 Å². The van der Waals surface area contributed by atoms with Crippen LogP contribution >= 0.6 is 0 Å². The van der Waals surface area contributed by atoms with Gasteiger partial charge in [-0.2, -0.15) is 0 Å². The van der Waals surface area contributed by atoms with Gasteiger partial charge in [-0.15, -0.1) is 0 Å². The lowest BCUT2D eigenvalue weighted by Crippen LogP contribution is -2.30. The SMILES string of the molecule is CC/C=C\C/C=C\C/C=C\C/C=C\C/C=C\CCCCCC(=O)OCC(COC(=O)CCCCCCCCC/C=C\C/C=C\CC)OC(=O)CCCCCC/C=C\C/C=C\C/C=C\CC. The van der Waals surface area contributed by atoms with E-state index in [1.807, 2.05) is 0 Å². The van der Waals surface area contributed by atoms with Gasteiger partial charge in [-0.1, -0.05) is 194 Å². The summed E-state index contributed by atoms with van der Waals surface area (Å²) >= 11 is 0.